The van der Waals surface area contributed by atoms with Crippen molar-refractivity contribution in [2.75, 3.05) is 7.11 Å². The number of hydrogen-bond acceptors (Lipinski definition) is 3. The smallest absolute Gasteiger partial charge is 0.277 e. The Hall–Kier alpha value is -2.66. The van der Waals surface area contributed by atoms with Gasteiger partial charge in [-0.25, -0.2) is 0 Å². The predicted molar refractivity (Wildman–Crippen MR) is 98.4 cm³/mol. The van der Waals surface area contributed by atoms with E-state index in [-0.39, 0.29) is 11.9 Å². The summed E-state index contributed by atoms with van der Waals surface area (Å²) in [6, 6.07) is 17.2. The lowest BCUT2D eigenvalue weighted by Gasteiger charge is -2.23. The zero-order chi connectivity index (χ0) is 17.1. The Labute approximate surface area is 146 Å². The lowest BCUT2D eigenvalue weighted by atomic mass is 10.1. The number of nitrogens with one attached hydrogen (secondary N) is 1. The van der Waals surface area contributed by atoms with E-state index in [1.807, 2.05) is 61.5 Å². The van der Waals surface area contributed by atoms with Gasteiger partial charge in [-0.3, -0.25) is 9.69 Å². The van der Waals surface area contributed by atoms with Crippen LogP contribution >= 0.6 is 12.2 Å². The molecule has 1 saturated heterocycles. The van der Waals surface area contributed by atoms with Gasteiger partial charge in [-0.2, -0.15) is 0 Å². The van der Waals surface area contributed by atoms with Gasteiger partial charge in [0.1, 0.15) is 11.4 Å². The van der Waals surface area contributed by atoms with Crippen molar-refractivity contribution in [2.45, 2.75) is 13.0 Å². The van der Waals surface area contributed by atoms with E-state index in [0.717, 1.165) is 11.1 Å². The number of nitrogens with zero attached hydrogens (tertiary/aromatic N) is 1. The number of hydrogen-bond donors (Lipinski definition) is 1. The molecule has 1 fully saturated rings. The molecule has 0 spiro atoms. The first-order chi connectivity index (χ1) is 11.6. The zero-order valence-corrected chi connectivity index (χ0v) is 14.3. The summed E-state index contributed by atoms with van der Waals surface area (Å²) in [5.41, 5.74) is 2.31. The van der Waals surface area contributed by atoms with Gasteiger partial charge in [-0.1, -0.05) is 48.5 Å². The SMILES string of the molecule is COc1ccccc1/C=C1\NC(=S)N(C(C)c2ccccc2)C1=O. The van der Waals surface area contributed by atoms with Crippen molar-refractivity contribution in [1.82, 2.24) is 10.2 Å². The van der Waals surface area contributed by atoms with Gasteiger partial charge >= 0.3 is 0 Å². The van der Waals surface area contributed by atoms with Crippen LogP contribution in [0.1, 0.15) is 24.1 Å². The van der Waals surface area contributed by atoms with Crippen LogP contribution in [0, 0.1) is 0 Å². The van der Waals surface area contributed by atoms with Crippen molar-refractivity contribution >= 4 is 29.3 Å². The van der Waals surface area contributed by atoms with Crippen LogP contribution in [0.15, 0.2) is 60.3 Å². The fourth-order valence-electron chi connectivity index (χ4n) is 2.72. The number of thiocarbonyl (C=S) groups is 1. The van der Waals surface area contributed by atoms with Gasteiger partial charge in [-0.05, 0) is 36.8 Å². The zero-order valence-electron chi connectivity index (χ0n) is 13.5. The number of amides is 1. The number of carbonyl (C=O) groups excluding carboxylic acids is 1. The van der Waals surface area contributed by atoms with Crippen LogP contribution in [0.2, 0.25) is 0 Å². The molecular formula is C19H18N2O2S. The molecule has 1 atom stereocenters. The van der Waals surface area contributed by atoms with Gasteiger partial charge in [0.2, 0.25) is 0 Å². The van der Waals surface area contributed by atoms with E-state index >= 15 is 0 Å². The van der Waals surface area contributed by atoms with Crippen LogP contribution in [0.25, 0.3) is 6.08 Å². The van der Waals surface area contributed by atoms with Gasteiger partial charge in [0.25, 0.3) is 5.91 Å². The molecule has 2 aromatic rings. The predicted octanol–water partition coefficient (Wildman–Crippen LogP) is 3.51. The number of benzene rings is 2. The van der Waals surface area contributed by atoms with E-state index in [1.165, 1.54) is 0 Å². The third-order valence-electron chi connectivity index (χ3n) is 4.02. The first-order valence-corrected chi connectivity index (χ1v) is 8.07. The Bertz CT molecular complexity index is 802. The summed E-state index contributed by atoms with van der Waals surface area (Å²) in [5.74, 6) is 0.572. The van der Waals surface area contributed by atoms with Crippen LogP contribution in [-0.2, 0) is 4.79 Å². The van der Waals surface area contributed by atoms with Crippen molar-refractivity contribution in [3.05, 3.63) is 71.4 Å². The molecule has 1 amide bonds. The Balaban J connectivity index is 1.90. The Morgan fingerprint density at radius 3 is 2.50 bits per heavy atom. The Morgan fingerprint density at radius 1 is 1.12 bits per heavy atom. The molecule has 5 heteroatoms. The molecule has 0 saturated carbocycles. The largest absolute Gasteiger partial charge is 0.496 e. The molecule has 3 rings (SSSR count). The average molecular weight is 338 g/mol. The summed E-state index contributed by atoms with van der Waals surface area (Å²) >= 11 is 5.37. The standard InChI is InChI=1S/C19H18N2O2S/c1-13(14-8-4-3-5-9-14)21-18(22)16(20-19(21)24)12-15-10-6-7-11-17(15)23-2/h3-13H,1-2H3,(H,20,24)/b16-12-. The minimum absolute atomic E-state index is 0.137. The molecule has 24 heavy (non-hydrogen) atoms. The highest BCUT2D eigenvalue weighted by molar-refractivity contribution is 7.80. The van der Waals surface area contributed by atoms with E-state index < -0.39 is 0 Å². The molecule has 1 heterocycles. The maximum Gasteiger partial charge on any atom is 0.277 e. The van der Waals surface area contributed by atoms with Gasteiger partial charge in [0.15, 0.2) is 5.11 Å². The van der Waals surface area contributed by atoms with Crippen molar-refractivity contribution in [3.8, 4) is 5.75 Å². The number of methoxy groups -OCH3 is 1. The second-order valence-corrected chi connectivity index (χ2v) is 5.88. The maximum absolute atomic E-state index is 12.8. The van der Waals surface area contributed by atoms with E-state index in [2.05, 4.69) is 5.32 Å². The summed E-state index contributed by atoms with van der Waals surface area (Å²) in [6.45, 7) is 1.97. The molecule has 1 unspecified atom stereocenters. The molecule has 4 nitrogen and oxygen atoms in total. The topological polar surface area (TPSA) is 41.6 Å². The summed E-state index contributed by atoms with van der Waals surface area (Å²) in [7, 11) is 1.61. The molecule has 122 valence electrons. The molecule has 0 radical (unpaired) electrons. The number of carbonyl (C=O) groups is 1. The first-order valence-electron chi connectivity index (χ1n) is 7.66. The van der Waals surface area contributed by atoms with Crippen molar-refractivity contribution in [3.63, 3.8) is 0 Å². The average Bonchev–Trinajstić information content (AvgIpc) is 2.89. The van der Waals surface area contributed by atoms with Crippen LogP contribution in [0.4, 0.5) is 0 Å². The highest BCUT2D eigenvalue weighted by Crippen LogP contribution is 2.27. The van der Waals surface area contributed by atoms with E-state index in [1.54, 1.807) is 18.1 Å². The maximum atomic E-state index is 12.8. The van der Waals surface area contributed by atoms with Crippen molar-refractivity contribution < 1.29 is 9.53 Å². The van der Waals surface area contributed by atoms with Crippen LogP contribution < -0.4 is 10.1 Å². The first kappa shape index (κ1) is 16.2. The third-order valence-corrected chi connectivity index (χ3v) is 4.32. The fourth-order valence-corrected chi connectivity index (χ4v) is 3.07. The second kappa shape index (κ2) is 6.84. The minimum Gasteiger partial charge on any atom is -0.496 e. The van der Waals surface area contributed by atoms with Crippen molar-refractivity contribution in [1.29, 1.82) is 0 Å². The van der Waals surface area contributed by atoms with Gasteiger partial charge in [-0.15, -0.1) is 0 Å². The third kappa shape index (κ3) is 3.03. The van der Waals surface area contributed by atoms with E-state index in [0.29, 0.717) is 16.6 Å². The van der Waals surface area contributed by atoms with Crippen LogP contribution in [0.3, 0.4) is 0 Å². The summed E-state index contributed by atoms with van der Waals surface area (Å²) < 4.78 is 5.33. The highest BCUT2D eigenvalue weighted by Gasteiger charge is 2.34. The van der Waals surface area contributed by atoms with E-state index in [4.69, 9.17) is 17.0 Å². The highest BCUT2D eigenvalue weighted by atomic mass is 32.1. The molecule has 1 aliphatic heterocycles. The number of rotatable bonds is 4. The summed E-state index contributed by atoms with van der Waals surface area (Å²) in [4.78, 5) is 14.4. The normalized spacial score (nSPS) is 17.1. The number of ether oxygens (including phenoxy) is 1. The molecular weight excluding hydrogens is 320 g/mol. The fraction of sp³-hybridized carbons (Fsp3) is 0.158. The minimum atomic E-state index is -0.137. The van der Waals surface area contributed by atoms with Gasteiger partial charge in [0.05, 0.1) is 13.2 Å². The van der Waals surface area contributed by atoms with Crippen molar-refractivity contribution in [2.24, 2.45) is 0 Å². The van der Waals surface area contributed by atoms with Crippen LogP contribution in [-0.4, -0.2) is 23.0 Å². The van der Waals surface area contributed by atoms with Gasteiger partial charge in [0, 0.05) is 5.56 Å². The quantitative estimate of drug-likeness (QED) is 0.684. The van der Waals surface area contributed by atoms with E-state index in [9.17, 15) is 4.79 Å². The molecule has 1 aliphatic rings. The lowest BCUT2D eigenvalue weighted by molar-refractivity contribution is -0.123. The monoisotopic (exact) mass is 338 g/mol. The molecule has 0 aliphatic carbocycles. The second-order valence-electron chi connectivity index (χ2n) is 5.49. The summed E-state index contributed by atoms with van der Waals surface area (Å²) in [6.07, 6.45) is 1.77. The Kier molecular flexibility index (Phi) is 4.62. The molecule has 2 aromatic carbocycles. The molecule has 1 N–H and O–H groups in total. The molecule has 0 bridgehead atoms. The lowest BCUT2D eigenvalue weighted by Crippen LogP contribution is -2.33. The van der Waals surface area contributed by atoms with Gasteiger partial charge < -0.3 is 10.1 Å². The molecule has 0 aromatic heterocycles. The summed E-state index contributed by atoms with van der Waals surface area (Å²) in [5, 5.41) is 3.43. The number of para-hydroxylation sites is 1. The Morgan fingerprint density at radius 2 is 1.79 bits per heavy atom. The van der Waals surface area contributed by atoms with Crippen LogP contribution in [0.5, 0.6) is 5.75 Å².